The lowest BCUT2D eigenvalue weighted by Crippen LogP contribution is -2.41. The Hall–Kier alpha value is -1.97. The molecular weight excluding hydrogens is 288 g/mol. The number of rotatable bonds is 5. The molecule has 0 heterocycles. The standard InChI is InChI=1S/C19H22O2Si/c1-19(21,16-10-6-4-7-11-16)17(14-20)15-22(2,3)18-12-8-5-9-13-18/h4-15,21H,1-3H3. The van der Waals surface area contributed by atoms with E-state index >= 15 is 0 Å². The van der Waals surface area contributed by atoms with Crippen molar-refractivity contribution in [2.45, 2.75) is 25.6 Å². The molecule has 1 atom stereocenters. The van der Waals surface area contributed by atoms with Crippen molar-refractivity contribution in [3.8, 4) is 0 Å². The van der Waals surface area contributed by atoms with Gasteiger partial charge < -0.3 is 5.11 Å². The predicted molar refractivity (Wildman–Crippen MR) is 93.7 cm³/mol. The van der Waals surface area contributed by atoms with Crippen molar-refractivity contribution in [1.29, 1.82) is 0 Å². The van der Waals surface area contributed by atoms with Crippen LogP contribution in [0.5, 0.6) is 0 Å². The second kappa shape index (κ2) is 6.42. The molecule has 2 aromatic rings. The summed E-state index contributed by atoms with van der Waals surface area (Å²) in [6, 6.07) is 19.5. The summed E-state index contributed by atoms with van der Waals surface area (Å²) < 4.78 is 0. The van der Waals surface area contributed by atoms with Gasteiger partial charge in [0, 0.05) is 5.57 Å². The van der Waals surface area contributed by atoms with Crippen LogP contribution in [0.2, 0.25) is 13.1 Å². The van der Waals surface area contributed by atoms with Crippen LogP contribution in [0.4, 0.5) is 0 Å². The number of benzene rings is 2. The topological polar surface area (TPSA) is 37.3 Å². The Kier molecular flexibility index (Phi) is 4.79. The molecule has 0 spiro atoms. The van der Waals surface area contributed by atoms with Gasteiger partial charge in [-0.25, -0.2) is 0 Å². The maximum Gasteiger partial charge on any atom is 0.148 e. The number of hydrogen-bond donors (Lipinski definition) is 1. The summed E-state index contributed by atoms with van der Waals surface area (Å²) in [5.74, 6) is 0. The van der Waals surface area contributed by atoms with Crippen LogP contribution in [0.15, 0.2) is 71.9 Å². The average molecular weight is 310 g/mol. The highest BCUT2D eigenvalue weighted by Gasteiger charge is 2.31. The van der Waals surface area contributed by atoms with Gasteiger partial charge in [0.15, 0.2) is 0 Å². The first kappa shape index (κ1) is 16.4. The van der Waals surface area contributed by atoms with Gasteiger partial charge in [0.1, 0.15) is 20.0 Å². The average Bonchev–Trinajstić information content (AvgIpc) is 2.54. The maximum absolute atomic E-state index is 11.6. The van der Waals surface area contributed by atoms with E-state index in [1.807, 2.05) is 54.2 Å². The van der Waals surface area contributed by atoms with Gasteiger partial charge in [0.25, 0.3) is 0 Å². The van der Waals surface area contributed by atoms with Crippen molar-refractivity contribution in [1.82, 2.24) is 0 Å². The Morgan fingerprint density at radius 1 is 1.00 bits per heavy atom. The molecule has 0 aliphatic heterocycles. The number of carbonyl (C=O) groups excluding carboxylic acids is 1. The SMILES string of the molecule is CC(O)(C(C=O)=C[Si](C)(C)c1ccccc1)c1ccccc1. The predicted octanol–water partition coefficient (Wildman–Crippen LogP) is 3.17. The molecule has 114 valence electrons. The zero-order valence-electron chi connectivity index (χ0n) is 13.3. The molecule has 0 fully saturated rings. The molecule has 0 radical (unpaired) electrons. The minimum atomic E-state index is -1.96. The van der Waals surface area contributed by atoms with Crippen LogP contribution >= 0.6 is 0 Å². The van der Waals surface area contributed by atoms with Crippen LogP contribution in [0.1, 0.15) is 12.5 Å². The van der Waals surface area contributed by atoms with Gasteiger partial charge in [-0.2, -0.15) is 0 Å². The quantitative estimate of drug-likeness (QED) is 0.523. The van der Waals surface area contributed by atoms with E-state index in [1.165, 1.54) is 5.19 Å². The molecular formula is C19H22O2Si. The van der Waals surface area contributed by atoms with Crippen LogP contribution in [0, 0.1) is 0 Å². The van der Waals surface area contributed by atoms with Crippen molar-refractivity contribution >= 4 is 19.5 Å². The number of aliphatic hydroxyl groups is 1. The van der Waals surface area contributed by atoms with Crippen LogP contribution in [0.25, 0.3) is 0 Å². The van der Waals surface area contributed by atoms with Gasteiger partial charge in [0.2, 0.25) is 0 Å². The fraction of sp³-hybridized carbons (Fsp3) is 0.211. The van der Waals surface area contributed by atoms with Crippen molar-refractivity contribution in [2.75, 3.05) is 0 Å². The molecule has 1 unspecified atom stereocenters. The Labute approximate surface area is 133 Å². The molecule has 2 nitrogen and oxygen atoms in total. The van der Waals surface area contributed by atoms with E-state index in [0.717, 1.165) is 11.8 Å². The van der Waals surface area contributed by atoms with E-state index in [0.29, 0.717) is 5.57 Å². The van der Waals surface area contributed by atoms with Gasteiger partial charge >= 0.3 is 0 Å². The third kappa shape index (κ3) is 3.43. The summed E-state index contributed by atoms with van der Waals surface area (Å²) in [5.41, 5.74) is 1.87. The first-order valence-electron chi connectivity index (χ1n) is 7.40. The highest BCUT2D eigenvalue weighted by Crippen LogP contribution is 2.29. The third-order valence-corrected chi connectivity index (χ3v) is 6.91. The summed E-state index contributed by atoms with van der Waals surface area (Å²) in [5, 5.41) is 12.1. The van der Waals surface area contributed by atoms with E-state index in [9.17, 15) is 9.90 Å². The molecule has 2 aromatic carbocycles. The van der Waals surface area contributed by atoms with Crippen molar-refractivity contribution in [3.05, 3.63) is 77.5 Å². The van der Waals surface area contributed by atoms with Crippen LogP contribution < -0.4 is 5.19 Å². The summed E-state index contributed by atoms with van der Waals surface area (Å²) >= 11 is 0. The monoisotopic (exact) mass is 310 g/mol. The lowest BCUT2D eigenvalue weighted by atomic mass is 9.89. The molecule has 0 bridgehead atoms. The second-order valence-electron chi connectivity index (χ2n) is 6.24. The van der Waals surface area contributed by atoms with E-state index < -0.39 is 13.7 Å². The highest BCUT2D eigenvalue weighted by molar-refractivity contribution is 6.94. The van der Waals surface area contributed by atoms with Crippen molar-refractivity contribution in [3.63, 3.8) is 0 Å². The molecule has 3 heteroatoms. The zero-order valence-corrected chi connectivity index (χ0v) is 14.3. The van der Waals surface area contributed by atoms with E-state index in [4.69, 9.17) is 0 Å². The molecule has 0 aliphatic rings. The Morgan fingerprint density at radius 2 is 1.50 bits per heavy atom. The van der Waals surface area contributed by atoms with Crippen LogP contribution in [0.3, 0.4) is 0 Å². The van der Waals surface area contributed by atoms with E-state index in [-0.39, 0.29) is 0 Å². The van der Waals surface area contributed by atoms with Gasteiger partial charge in [-0.05, 0) is 12.5 Å². The second-order valence-corrected chi connectivity index (χ2v) is 10.6. The first-order valence-corrected chi connectivity index (χ1v) is 10.5. The van der Waals surface area contributed by atoms with Gasteiger partial charge in [-0.15, -0.1) is 0 Å². The summed E-state index contributed by atoms with van der Waals surface area (Å²) in [4.78, 5) is 11.6. The van der Waals surface area contributed by atoms with Gasteiger partial charge in [-0.3, -0.25) is 4.79 Å². The molecule has 2 rings (SSSR count). The number of carbonyl (C=O) groups is 1. The Bertz CT molecular complexity index is 658. The highest BCUT2D eigenvalue weighted by atomic mass is 28.3. The zero-order chi connectivity index (χ0) is 16.2. The van der Waals surface area contributed by atoms with Crippen molar-refractivity contribution < 1.29 is 9.90 Å². The molecule has 0 aliphatic carbocycles. The summed E-state index contributed by atoms with van der Waals surface area (Å²) in [6.45, 7) is 6.03. The normalized spacial score (nSPS) is 15.2. The fourth-order valence-corrected chi connectivity index (χ4v) is 4.90. The number of aldehydes is 1. The molecule has 0 saturated carbocycles. The van der Waals surface area contributed by atoms with Gasteiger partial charge in [0.05, 0.1) is 0 Å². The lowest BCUT2D eigenvalue weighted by Gasteiger charge is -2.28. The smallest absolute Gasteiger partial charge is 0.148 e. The lowest BCUT2D eigenvalue weighted by molar-refractivity contribution is -0.106. The Morgan fingerprint density at radius 3 is 2.00 bits per heavy atom. The summed E-state index contributed by atoms with van der Waals surface area (Å²) in [7, 11) is -1.96. The van der Waals surface area contributed by atoms with E-state index in [2.05, 4.69) is 25.2 Å². The largest absolute Gasteiger partial charge is 0.381 e. The van der Waals surface area contributed by atoms with Gasteiger partial charge in [-0.1, -0.05) is 84.6 Å². The summed E-state index contributed by atoms with van der Waals surface area (Å²) in [6.07, 6.45) is 0.782. The maximum atomic E-state index is 11.6. The molecule has 22 heavy (non-hydrogen) atoms. The fourth-order valence-electron chi connectivity index (χ4n) is 2.56. The van der Waals surface area contributed by atoms with E-state index in [1.54, 1.807) is 6.92 Å². The minimum Gasteiger partial charge on any atom is -0.381 e. The first-order chi connectivity index (χ1) is 10.4. The molecule has 0 saturated heterocycles. The van der Waals surface area contributed by atoms with Crippen LogP contribution in [-0.4, -0.2) is 19.5 Å². The molecule has 0 aromatic heterocycles. The molecule has 1 N–H and O–H groups in total. The van der Waals surface area contributed by atoms with Crippen molar-refractivity contribution in [2.24, 2.45) is 0 Å². The van der Waals surface area contributed by atoms with Crippen LogP contribution in [-0.2, 0) is 10.4 Å². The third-order valence-electron chi connectivity index (χ3n) is 4.06. The molecule has 0 amide bonds. The number of hydrogen-bond acceptors (Lipinski definition) is 2. The minimum absolute atomic E-state index is 0.430. The Balaban J connectivity index is 2.45.